The van der Waals surface area contributed by atoms with Crippen LogP contribution < -0.4 is 10.2 Å². The minimum atomic E-state index is -0.224. The Balaban J connectivity index is 3.02. The summed E-state index contributed by atoms with van der Waals surface area (Å²) >= 11 is 1.51. The molecule has 0 fully saturated rings. The standard InChI is InChI=1S/C15H22N4OS/c1-10(8-7-9-16-4)13-18-12(3)15(21-13)19(6)14(20)11(2)17-5/h7-9,11,17H,4H2,1-3,5-6H3/b9-7-,10-8+. The summed E-state index contributed by atoms with van der Waals surface area (Å²) < 4.78 is 0. The van der Waals surface area contributed by atoms with Gasteiger partial charge in [-0.1, -0.05) is 17.4 Å². The molecule has 5 nitrogen and oxygen atoms in total. The Morgan fingerprint density at radius 3 is 2.81 bits per heavy atom. The van der Waals surface area contributed by atoms with Gasteiger partial charge in [-0.2, -0.15) is 0 Å². The number of anilines is 1. The van der Waals surface area contributed by atoms with E-state index in [2.05, 4.69) is 22.0 Å². The van der Waals surface area contributed by atoms with Crippen molar-refractivity contribution < 1.29 is 4.79 Å². The lowest BCUT2D eigenvalue weighted by Gasteiger charge is -2.19. The zero-order chi connectivity index (χ0) is 16.0. The predicted octanol–water partition coefficient (Wildman–Crippen LogP) is 2.64. The topological polar surface area (TPSA) is 57.6 Å². The molecule has 0 aliphatic heterocycles. The summed E-state index contributed by atoms with van der Waals surface area (Å²) in [5.74, 6) is 0.0215. The third-order valence-electron chi connectivity index (χ3n) is 3.09. The number of nitrogens with one attached hydrogen (secondary N) is 1. The van der Waals surface area contributed by atoms with Crippen LogP contribution in [-0.4, -0.2) is 37.7 Å². The monoisotopic (exact) mass is 306 g/mol. The van der Waals surface area contributed by atoms with Crippen molar-refractivity contribution in [2.24, 2.45) is 4.99 Å². The molecule has 1 unspecified atom stereocenters. The molecule has 1 amide bonds. The normalized spacial score (nSPS) is 13.5. The molecule has 0 spiro atoms. The summed E-state index contributed by atoms with van der Waals surface area (Å²) in [5.41, 5.74) is 1.88. The van der Waals surface area contributed by atoms with E-state index < -0.39 is 0 Å². The maximum Gasteiger partial charge on any atom is 0.244 e. The highest BCUT2D eigenvalue weighted by Crippen LogP contribution is 2.31. The summed E-state index contributed by atoms with van der Waals surface area (Å²) in [6.07, 6.45) is 5.36. The van der Waals surface area contributed by atoms with E-state index in [4.69, 9.17) is 0 Å². The Morgan fingerprint density at radius 2 is 2.24 bits per heavy atom. The Bertz CT molecular complexity index is 574. The number of nitrogens with zero attached hydrogens (tertiary/aromatic N) is 3. The molecule has 0 radical (unpaired) electrons. The van der Waals surface area contributed by atoms with Crippen LogP contribution in [0.2, 0.25) is 0 Å². The Kier molecular flexibility index (Phi) is 6.45. The number of likely N-dealkylation sites (N-methyl/N-ethyl adjacent to an activating group) is 2. The van der Waals surface area contributed by atoms with Crippen LogP contribution in [0.5, 0.6) is 0 Å². The number of hydrogen-bond acceptors (Lipinski definition) is 5. The molecule has 1 aromatic heterocycles. The van der Waals surface area contributed by atoms with Crippen molar-refractivity contribution in [2.75, 3.05) is 19.0 Å². The third-order valence-corrected chi connectivity index (χ3v) is 4.46. The maximum absolute atomic E-state index is 12.2. The molecule has 0 saturated carbocycles. The van der Waals surface area contributed by atoms with Crippen molar-refractivity contribution in [2.45, 2.75) is 26.8 Å². The fourth-order valence-electron chi connectivity index (χ4n) is 1.70. The Hall–Kier alpha value is -1.79. The van der Waals surface area contributed by atoms with Crippen molar-refractivity contribution in [1.82, 2.24) is 10.3 Å². The van der Waals surface area contributed by atoms with Crippen LogP contribution in [-0.2, 0) is 4.79 Å². The van der Waals surface area contributed by atoms with Crippen LogP contribution in [0.15, 0.2) is 23.3 Å². The molecule has 1 rings (SSSR count). The third kappa shape index (κ3) is 4.34. The maximum atomic E-state index is 12.2. The first-order valence-electron chi connectivity index (χ1n) is 6.64. The van der Waals surface area contributed by atoms with Gasteiger partial charge in [0.25, 0.3) is 0 Å². The van der Waals surface area contributed by atoms with Gasteiger partial charge in [-0.05, 0) is 46.2 Å². The van der Waals surface area contributed by atoms with Gasteiger partial charge in [0.1, 0.15) is 10.0 Å². The quantitative estimate of drug-likeness (QED) is 0.649. The minimum Gasteiger partial charge on any atom is -0.309 e. The lowest BCUT2D eigenvalue weighted by Crippen LogP contribution is -2.41. The first-order chi connectivity index (χ1) is 9.92. The molecule has 0 aromatic carbocycles. The first-order valence-corrected chi connectivity index (χ1v) is 7.45. The Morgan fingerprint density at radius 1 is 1.57 bits per heavy atom. The number of amides is 1. The molecular weight excluding hydrogens is 284 g/mol. The van der Waals surface area contributed by atoms with Crippen LogP contribution in [0.3, 0.4) is 0 Å². The SMILES string of the molecule is C=N/C=C\C=C(/C)c1nc(C)c(N(C)C(=O)C(C)NC)s1. The van der Waals surface area contributed by atoms with Crippen LogP contribution in [0, 0.1) is 6.92 Å². The second-order valence-corrected chi connectivity index (χ2v) is 5.67. The number of carbonyl (C=O) groups excluding carboxylic acids is 1. The number of rotatable bonds is 6. The van der Waals surface area contributed by atoms with Gasteiger partial charge in [-0.25, -0.2) is 4.98 Å². The highest BCUT2D eigenvalue weighted by molar-refractivity contribution is 7.17. The van der Waals surface area contributed by atoms with E-state index in [0.717, 1.165) is 21.3 Å². The van der Waals surface area contributed by atoms with Crippen molar-refractivity contribution >= 4 is 34.5 Å². The van der Waals surface area contributed by atoms with Crippen molar-refractivity contribution in [3.05, 3.63) is 29.1 Å². The molecule has 0 aliphatic carbocycles. The van der Waals surface area contributed by atoms with Gasteiger partial charge in [0.15, 0.2) is 0 Å². The van der Waals surface area contributed by atoms with Gasteiger partial charge in [0, 0.05) is 13.2 Å². The van der Waals surface area contributed by atoms with E-state index in [1.165, 1.54) is 11.3 Å². The average molecular weight is 306 g/mol. The number of allylic oxidation sites excluding steroid dienone is 3. The summed E-state index contributed by atoms with van der Waals surface area (Å²) in [6, 6.07) is -0.224. The highest BCUT2D eigenvalue weighted by atomic mass is 32.1. The number of hydrogen-bond donors (Lipinski definition) is 1. The second-order valence-electron chi connectivity index (χ2n) is 4.69. The fraction of sp³-hybridized carbons (Fsp3) is 0.400. The van der Waals surface area contributed by atoms with Crippen molar-refractivity contribution in [3.8, 4) is 0 Å². The molecule has 6 heteroatoms. The summed E-state index contributed by atoms with van der Waals surface area (Å²) in [7, 11) is 3.55. The molecule has 0 bridgehead atoms. The number of thiazole rings is 1. The van der Waals surface area contributed by atoms with Crippen LogP contribution in [0.25, 0.3) is 5.57 Å². The van der Waals surface area contributed by atoms with E-state index in [1.54, 1.807) is 25.2 Å². The van der Waals surface area contributed by atoms with Gasteiger partial charge < -0.3 is 10.2 Å². The number of carbonyl (C=O) groups is 1. The zero-order valence-corrected chi connectivity index (χ0v) is 14.0. The molecule has 1 aromatic rings. The van der Waals surface area contributed by atoms with E-state index in [9.17, 15) is 4.79 Å². The predicted molar refractivity (Wildman–Crippen MR) is 91.1 cm³/mol. The molecule has 1 heterocycles. The van der Waals surface area contributed by atoms with E-state index in [-0.39, 0.29) is 11.9 Å². The zero-order valence-electron chi connectivity index (χ0n) is 13.2. The summed E-state index contributed by atoms with van der Waals surface area (Å²) in [6.45, 7) is 9.12. The fourth-order valence-corrected chi connectivity index (χ4v) is 2.72. The lowest BCUT2D eigenvalue weighted by molar-refractivity contribution is -0.119. The molecule has 0 aliphatic rings. The Labute approximate surface area is 130 Å². The van der Waals surface area contributed by atoms with Crippen LogP contribution in [0.1, 0.15) is 24.5 Å². The van der Waals surface area contributed by atoms with E-state index in [1.807, 2.05) is 32.9 Å². The molecule has 1 N–H and O–H groups in total. The van der Waals surface area contributed by atoms with Gasteiger partial charge >= 0.3 is 0 Å². The molecular formula is C15H22N4OS. The van der Waals surface area contributed by atoms with Crippen molar-refractivity contribution in [1.29, 1.82) is 0 Å². The number of aromatic nitrogens is 1. The second kappa shape index (κ2) is 7.85. The summed E-state index contributed by atoms with van der Waals surface area (Å²) in [5, 5.41) is 4.72. The molecule has 21 heavy (non-hydrogen) atoms. The first kappa shape index (κ1) is 17.3. The molecule has 1 atom stereocenters. The number of aliphatic imine (C=N–C) groups is 1. The van der Waals surface area contributed by atoms with Gasteiger partial charge in [0.2, 0.25) is 5.91 Å². The summed E-state index contributed by atoms with van der Waals surface area (Å²) in [4.78, 5) is 22.1. The van der Waals surface area contributed by atoms with E-state index in [0.29, 0.717) is 0 Å². The van der Waals surface area contributed by atoms with E-state index >= 15 is 0 Å². The lowest BCUT2D eigenvalue weighted by atomic mass is 10.3. The van der Waals surface area contributed by atoms with Crippen molar-refractivity contribution in [3.63, 3.8) is 0 Å². The molecule has 114 valence electrons. The molecule has 0 saturated heterocycles. The largest absolute Gasteiger partial charge is 0.309 e. The minimum absolute atomic E-state index is 0.0215. The average Bonchev–Trinajstić information content (AvgIpc) is 2.87. The highest BCUT2D eigenvalue weighted by Gasteiger charge is 2.21. The van der Waals surface area contributed by atoms with Crippen LogP contribution >= 0.6 is 11.3 Å². The van der Waals surface area contributed by atoms with Gasteiger partial charge in [-0.15, -0.1) is 0 Å². The van der Waals surface area contributed by atoms with Gasteiger partial charge in [-0.3, -0.25) is 9.79 Å². The van der Waals surface area contributed by atoms with Gasteiger partial charge in [0.05, 0.1) is 11.7 Å². The smallest absolute Gasteiger partial charge is 0.244 e. The van der Waals surface area contributed by atoms with Crippen LogP contribution in [0.4, 0.5) is 5.00 Å². The number of aryl methyl sites for hydroxylation is 1.